The summed E-state index contributed by atoms with van der Waals surface area (Å²) in [6.45, 7) is 15.1. The van der Waals surface area contributed by atoms with Gasteiger partial charge in [-0.05, 0) is 43.2 Å². The summed E-state index contributed by atoms with van der Waals surface area (Å²) in [5.74, 6) is 1.55. The topological polar surface area (TPSA) is 24.1 Å². The lowest BCUT2D eigenvalue weighted by molar-refractivity contribution is 0.237. The first kappa shape index (κ1) is 14.0. The van der Waals surface area contributed by atoms with E-state index in [4.69, 9.17) is 0 Å². The van der Waals surface area contributed by atoms with E-state index in [-0.39, 0.29) is 0 Å². The van der Waals surface area contributed by atoms with Gasteiger partial charge in [0, 0.05) is 12.6 Å². The monoisotopic (exact) mass is 226 g/mol. The van der Waals surface area contributed by atoms with E-state index < -0.39 is 0 Å². The Balaban J connectivity index is 2.19. The minimum Gasteiger partial charge on any atom is -0.315 e. The van der Waals surface area contributed by atoms with Crippen LogP contribution in [0, 0.1) is 17.3 Å². The molecule has 0 aromatic rings. The minimum absolute atomic E-state index is 0.415. The van der Waals surface area contributed by atoms with Crippen molar-refractivity contribution in [1.29, 1.82) is 0 Å². The smallest absolute Gasteiger partial charge is 0.0218 e. The molecule has 0 radical (unpaired) electrons. The van der Waals surface area contributed by atoms with Gasteiger partial charge in [0.1, 0.15) is 0 Å². The molecule has 16 heavy (non-hydrogen) atoms. The average Bonchev–Trinajstić information content (AvgIpc) is 2.19. The van der Waals surface area contributed by atoms with Gasteiger partial charge in [-0.25, -0.2) is 0 Å². The van der Waals surface area contributed by atoms with Crippen LogP contribution in [0.1, 0.15) is 47.5 Å². The summed E-state index contributed by atoms with van der Waals surface area (Å²) in [4.78, 5) is 0. The first-order valence-corrected chi connectivity index (χ1v) is 6.85. The van der Waals surface area contributed by atoms with Crippen LogP contribution in [-0.4, -0.2) is 25.7 Å². The van der Waals surface area contributed by atoms with E-state index in [1.165, 1.54) is 19.4 Å². The van der Waals surface area contributed by atoms with Gasteiger partial charge in [0.25, 0.3) is 0 Å². The Hall–Kier alpha value is -0.0800. The molecule has 0 aromatic carbocycles. The highest BCUT2D eigenvalue weighted by atomic mass is 15.0. The first-order valence-electron chi connectivity index (χ1n) is 6.85. The maximum atomic E-state index is 3.63. The first-order chi connectivity index (χ1) is 7.41. The van der Waals surface area contributed by atoms with E-state index in [0.29, 0.717) is 11.5 Å². The molecule has 3 atom stereocenters. The molecule has 0 aliphatic carbocycles. The van der Waals surface area contributed by atoms with Crippen molar-refractivity contribution in [2.24, 2.45) is 17.3 Å². The molecule has 3 unspecified atom stereocenters. The lowest BCUT2D eigenvalue weighted by Crippen LogP contribution is -2.47. The van der Waals surface area contributed by atoms with Crippen molar-refractivity contribution in [1.82, 2.24) is 10.6 Å². The molecule has 1 aliphatic rings. The predicted octanol–water partition coefficient (Wildman–Crippen LogP) is 2.65. The summed E-state index contributed by atoms with van der Waals surface area (Å²) in [5, 5.41) is 7.25. The quantitative estimate of drug-likeness (QED) is 0.770. The van der Waals surface area contributed by atoms with Gasteiger partial charge < -0.3 is 10.6 Å². The normalized spacial score (nSPS) is 29.1. The van der Waals surface area contributed by atoms with Crippen LogP contribution in [-0.2, 0) is 0 Å². The number of hydrogen-bond acceptors (Lipinski definition) is 2. The molecular weight excluding hydrogens is 196 g/mol. The highest BCUT2D eigenvalue weighted by molar-refractivity contribution is 4.81. The molecule has 96 valence electrons. The molecule has 2 heteroatoms. The molecule has 1 heterocycles. The molecule has 0 amide bonds. The predicted molar refractivity (Wildman–Crippen MR) is 71.7 cm³/mol. The number of hydrogen-bond donors (Lipinski definition) is 2. The molecule has 0 spiro atoms. The second kappa shape index (κ2) is 6.02. The third kappa shape index (κ3) is 4.42. The van der Waals surface area contributed by atoms with E-state index in [9.17, 15) is 0 Å². The zero-order valence-electron chi connectivity index (χ0n) is 11.8. The molecule has 1 saturated heterocycles. The van der Waals surface area contributed by atoms with Gasteiger partial charge in [-0.2, -0.15) is 0 Å². The van der Waals surface area contributed by atoms with Crippen molar-refractivity contribution in [3.05, 3.63) is 0 Å². The summed E-state index contributed by atoms with van der Waals surface area (Å²) in [7, 11) is 0. The Bertz CT molecular complexity index is 195. The van der Waals surface area contributed by atoms with Crippen LogP contribution < -0.4 is 10.6 Å². The van der Waals surface area contributed by atoms with Gasteiger partial charge in [0.2, 0.25) is 0 Å². The van der Waals surface area contributed by atoms with Crippen LogP contribution in [0.25, 0.3) is 0 Å². The van der Waals surface area contributed by atoms with E-state index in [2.05, 4.69) is 45.3 Å². The standard InChI is InChI=1S/C14H30N2/c1-11-7-6-8-16-13(11)10-15-9-12(2)14(3,4)5/h11-13,15-16H,6-10H2,1-5H3. The highest BCUT2D eigenvalue weighted by Crippen LogP contribution is 2.24. The van der Waals surface area contributed by atoms with Crippen molar-refractivity contribution >= 4 is 0 Å². The maximum absolute atomic E-state index is 3.63. The summed E-state index contributed by atoms with van der Waals surface area (Å²) >= 11 is 0. The third-order valence-electron chi connectivity index (χ3n) is 4.22. The molecule has 0 aromatic heterocycles. The molecule has 1 rings (SSSR count). The Labute approximate surface area is 102 Å². The van der Waals surface area contributed by atoms with Crippen LogP contribution in [0.2, 0.25) is 0 Å². The molecular formula is C14H30N2. The lowest BCUT2D eigenvalue weighted by atomic mass is 9.82. The van der Waals surface area contributed by atoms with Crippen LogP contribution in [0.4, 0.5) is 0 Å². The number of piperidine rings is 1. The zero-order valence-corrected chi connectivity index (χ0v) is 11.8. The van der Waals surface area contributed by atoms with E-state index >= 15 is 0 Å². The van der Waals surface area contributed by atoms with Gasteiger partial charge >= 0.3 is 0 Å². The van der Waals surface area contributed by atoms with E-state index in [1.807, 2.05) is 0 Å². The summed E-state index contributed by atoms with van der Waals surface area (Å²) in [6.07, 6.45) is 2.73. The largest absolute Gasteiger partial charge is 0.315 e. The molecule has 0 bridgehead atoms. The van der Waals surface area contributed by atoms with Gasteiger partial charge in [-0.3, -0.25) is 0 Å². The Kier molecular flexibility index (Phi) is 5.26. The highest BCUT2D eigenvalue weighted by Gasteiger charge is 2.22. The molecule has 2 N–H and O–H groups in total. The Morgan fingerprint density at radius 2 is 2.06 bits per heavy atom. The van der Waals surface area contributed by atoms with Crippen LogP contribution in [0.5, 0.6) is 0 Å². The van der Waals surface area contributed by atoms with Crippen LogP contribution in [0.15, 0.2) is 0 Å². The van der Waals surface area contributed by atoms with Gasteiger partial charge in [-0.1, -0.05) is 34.6 Å². The second-order valence-corrected chi connectivity index (χ2v) is 6.61. The SMILES string of the molecule is CC1CCCNC1CNCC(C)C(C)(C)C. The van der Waals surface area contributed by atoms with Crippen molar-refractivity contribution in [3.8, 4) is 0 Å². The van der Waals surface area contributed by atoms with Gasteiger partial charge in [-0.15, -0.1) is 0 Å². The molecule has 0 saturated carbocycles. The summed E-state index contributed by atoms with van der Waals surface area (Å²) in [5.41, 5.74) is 0.415. The van der Waals surface area contributed by atoms with Crippen molar-refractivity contribution < 1.29 is 0 Å². The Morgan fingerprint density at radius 3 is 2.62 bits per heavy atom. The number of nitrogens with one attached hydrogen (secondary N) is 2. The summed E-state index contributed by atoms with van der Waals surface area (Å²) in [6, 6.07) is 0.681. The second-order valence-electron chi connectivity index (χ2n) is 6.61. The van der Waals surface area contributed by atoms with Crippen molar-refractivity contribution in [2.45, 2.75) is 53.5 Å². The zero-order chi connectivity index (χ0) is 12.2. The van der Waals surface area contributed by atoms with Crippen molar-refractivity contribution in [3.63, 3.8) is 0 Å². The van der Waals surface area contributed by atoms with E-state index in [1.54, 1.807) is 0 Å². The fourth-order valence-corrected chi connectivity index (χ4v) is 2.15. The fourth-order valence-electron chi connectivity index (χ4n) is 2.15. The molecule has 1 aliphatic heterocycles. The van der Waals surface area contributed by atoms with E-state index in [0.717, 1.165) is 24.9 Å². The lowest BCUT2D eigenvalue weighted by Gasteiger charge is -2.32. The Morgan fingerprint density at radius 1 is 1.38 bits per heavy atom. The fraction of sp³-hybridized carbons (Fsp3) is 1.00. The third-order valence-corrected chi connectivity index (χ3v) is 4.22. The van der Waals surface area contributed by atoms with Crippen molar-refractivity contribution in [2.75, 3.05) is 19.6 Å². The van der Waals surface area contributed by atoms with Gasteiger partial charge in [0.05, 0.1) is 0 Å². The molecule has 2 nitrogen and oxygen atoms in total. The molecule has 1 fully saturated rings. The summed E-state index contributed by atoms with van der Waals surface area (Å²) < 4.78 is 0. The maximum Gasteiger partial charge on any atom is 0.0218 e. The van der Waals surface area contributed by atoms with Crippen LogP contribution >= 0.6 is 0 Å². The average molecular weight is 226 g/mol. The van der Waals surface area contributed by atoms with Gasteiger partial charge in [0.15, 0.2) is 0 Å². The van der Waals surface area contributed by atoms with Crippen LogP contribution in [0.3, 0.4) is 0 Å². The number of rotatable bonds is 4. The minimum atomic E-state index is 0.415.